The molecule has 2 atom stereocenters. The zero-order valence-electron chi connectivity index (χ0n) is 13.5. The van der Waals surface area contributed by atoms with Gasteiger partial charge in [0.2, 0.25) is 15.9 Å². The van der Waals surface area contributed by atoms with Crippen molar-refractivity contribution in [2.75, 3.05) is 46.7 Å². The summed E-state index contributed by atoms with van der Waals surface area (Å²) in [5.74, 6) is 0.566. The molecule has 0 N–H and O–H groups in total. The molecule has 0 aliphatic heterocycles. The number of methoxy groups -OCH3 is 1. The van der Waals surface area contributed by atoms with Gasteiger partial charge in [0.15, 0.2) is 0 Å². The van der Waals surface area contributed by atoms with Crippen molar-refractivity contribution in [1.82, 2.24) is 9.21 Å². The number of carbonyl (C=O) groups excluding carboxylic acids is 1. The fourth-order valence-electron chi connectivity index (χ4n) is 2.65. The standard InChI is InChI=1S/C14H28N2O4S/c1-12-6-5-7-13(12)11-21(18,19)16(8-9-20-4)10-14(17)15(2)3/h12-13H,5-11H2,1-4H3/t12-,13+/m1/s1. The average Bonchev–Trinajstić information content (AvgIpc) is 2.78. The molecule has 0 aromatic heterocycles. The van der Waals surface area contributed by atoms with Crippen molar-refractivity contribution in [3.63, 3.8) is 0 Å². The molecule has 0 aromatic rings. The van der Waals surface area contributed by atoms with E-state index in [2.05, 4.69) is 6.92 Å². The molecular formula is C14H28N2O4S. The van der Waals surface area contributed by atoms with Crippen molar-refractivity contribution in [3.05, 3.63) is 0 Å². The van der Waals surface area contributed by atoms with Gasteiger partial charge in [-0.15, -0.1) is 0 Å². The van der Waals surface area contributed by atoms with Gasteiger partial charge in [-0.3, -0.25) is 4.79 Å². The van der Waals surface area contributed by atoms with Crippen LogP contribution in [0.3, 0.4) is 0 Å². The topological polar surface area (TPSA) is 66.9 Å². The van der Waals surface area contributed by atoms with Gasteiger partial charge in [-0.1, -0.05) is 19.8 Å². The highest BCUT2D eigenvalue weighted by Gasteiger charge is 2.32. The summed E-state index contributed by atoms with van der Waals surface area (Å²) >= 11 is 0. The summed E-state index contributed by atoms with van der Waals surface area (Å²) in [6, 6.07) is 0. The summed E-state index contributed by atoms with van der Waals surface area (Å²) in [4.78, 5) is 13.3. The van der Waals surface area contributed by atoms with Crippen molar-refractivity contribution in [2.24, 2.45) is 11.8 Å². The second-order valence-corrected chi connectivity index (χ2v) is 8.07. The molecular weight excluding hydrogens is 292 g/mol. The molecule has 0 aromatic carbocycles. The molecule has 1 rings (SSSR count). The van der Waals surface area contributed by atoms with Gasteiger partial charge in [0.25, 0.3) is 0 Å². The van der Waals surface area contributed by atoms with Crippen molar-refractivity contribution in [1.29, 1.82) is 0 Å². The molecule has 6 nitrogen and oxygen atoms in total. The lowest BCUT2D eigenvalue weighted by atomic mass is 10.0. The predicted molar refractivity (Wildman–Crippen MR) is 82.4 cm³/mol. The van der Waals surface area contributed by atoms with Gasteiger partial charge >= 0.3 is 0 Å². The minimum absolute atomic E-state index is 0.111. The van der Waals surface area contributed by atoms with E-state index in [1.807, 2.05) is 0 Å². The first-order valence-electron chi connectivity index (χ1n) is 7.45. The molecule has 1 fully saturated rings. The molecule has 0 radical (unpaired) electrons. The quantitative estimate of drug-likeness (QED) is 0.663. The van der Waals surface area contributed by atoms with E-state index in [4.69, 9.17) is 4.74 Å². The summed E-state index contributed by atoms with van der Waals surface area (Å²) in [6.07, 6.45) is 3.14. The number of hydrogen-bond donors (Lipinski definition) is 0. The molecule has 0 heterocycles. The molecule has 21 heavy (non-hydrogen) atoms. The predicted octanol–water partition coefficient (Wildman–Crippen LogP) is 0.789. The second kappa shape index (κ2) is 8.10. The van der Waals surface area contributed by atoms with Crippen LogP contribution in [0.25, 0.3) is 0 Å². The van der Waals surface area contributed by atoms with Gasteiger partial charge in [-0.2, -0.15) is 4.31 Å². The number of carbonyl (C=O) groups is 1. The van der Waals surface area contributed by atoms with Crippen LogP contribution in [0.2, 0.25) is 0 Å². The number of sulfonamides is 1. The normalized spacial score (nSPS) is 22.7. The van der Waals surface area contributed by atoms with Crippen molar-refractivity contribution in [2.45, 2.75) is 26.2 Å². The minimum Gasteiger partial charge on any atom is -0.383 e. The monoisotopic (exact) mass is 320 g/mol. The lowest BCUT2D eigenvalue weighted by Gasteiger charge is -2.25. The van der Waals surface area contributed by atoms with Crippen LogP contribution in [0, 0.1) is 11.8 Å². The summed E-state index contributed by atoms with van der Waals surface area (Å²) in [5.41, 5.74) is 0. The lowest BCUT2D eigenvalue weighted by Crippen LogP contribution is -2.44. The maximum Gasteiger partial charge on any atom is 0.237 e. The highest BCUT2D eigenvalue weighted by Crippen LogP contribution is 2.32. The van der Waals surface area contributed by atoms with E-state index in [1.54, 1.807) is 14.1 Å². The number of rotatable bonds is 8. The third kappa shape index (κ3) is 5.56. The van der Waals surface area contributed by atoms with E-state index in [-0.39, 0.29) is 30.7 Å². The number of ether oxygens (including phenoxy) is 1. The molecule has 1 aliphatic rings. The lowest BCUT2D eigenvalue weighted by molar-refractivity contribution is -0.128. The molecule has 7 heteroatoms. The van der Waals surface area contributed by atoms with E-state index in [1.165, 1.54) is 16.3 Å². The molecule has 0 unspecified atom stereocenters. The van der Waals surface area contributed by atoms with Gasteiger partial charge in [-0.05, 0) is 18.3 Å². The van der Waals surface area contributed by atoms with E-state index in [9.17, 15) is 13.2 Å². The Kier molecular flexibility index (Phi) is 7.09. The maximum atomic E-state index is 12.6. The Labute approximate surface area is 128 Å². The fourth-order valence-corrected chi connectivity index (χ4v) is 4.55. The third-order valence-corrected chi connectivity index (χ3v) is 6.16. The highest BCUT2D eigenvalue weighted by atomic mass is 32.2. The van der Waals surface area contributed by atoms with Crippen LogP contribution in [-0.4, -0.2) is 70.2 Å². The molecule has 1 amide bonds. The number of hydrogen-bond acceptors (Lipinski definition) is 4. The largest absolute Gasteiger partial charge is 0.383 e. The minimum atomic E-state index is -3.43. The highest BCUT2D eigenvalue weighted by molar-refractivity contribution is 7.89. The molecule has 0 saturated heterocycles. The zero-order chi connectivity index (χ0) is 16.0. The van der Waals surface area contributed by atoms with Crippen molar-refractivity contribution in [3.8, 4) is 0 Å². The summed E-state index contributed by atoms with van der Waals surface area (Å²) in [6.45, 7) is 2.51. The Morgan fingerprint density at radius 2 is 1.95 bits per heavy atom. The molecule has 124 valence electrons. The van der Waals surface area contributed by atoms with Crippen LogP contribution in [0.4, 0.5) is 0 Å². The Morgan fingerprint density at radius 3 is 2.43 bits per heavy atom. The summed E-state index contributed by atoms with van der Waals surface area (Å²) in [7, 11) is 1.35. The Balaban J connectivity index is 2.76. The average molecular weight is 320 g/mol. The van der Waals surface area contributed by atoms with Crippen LogP contribution in [0.5, 0.6) is 0 Å². The van der Waals surface area contributed by atoms with E-state index < -0.39 is 10.0 Å². The van der Waals surface area contributed by atoms with Crippen LogP contribution in [0.15, 0.2) is 0 Å². The number of nitrogens with zero attached hydrogens (tertiary/aromatic N) is 2. The summed E-state index contributed by atoms with van der Waals surface area (Å²) < 4.78 is 31.4. The number of likely N-dealkylation sites (N-methyl/N-ethyl adjacent to an activating group) is 1. The van der Waals surface area contributed by atoms with Crippen molar-refractivity contribution >= 4 is 15.9 Å². The maximum absolute atomic E-state index is 12.6. The smallest absolute Gasteiger partial charge is 0.237 e. The van der Waals surface area contributed by atoms with Gasteiger partial charge in [-0.25, -0.2) is 8.42 Å². The SMILES string of the molecule is COCCN(CC(=O)N(C)C)S(=O)(=O)C[C@@H]1CCC[C@H]1C. The van der Waals surface area contributed by atoms with Gasteiger partial charge in [0.1, 0.15) is 0 Å². The van der Waals surface area contributed by atoms with Gasteiger partial charge in [0, 0.05) is 27.7 Å². The number of amides is 1. The van der Waals surface area contributed by atoms with E-state index in [0.29, 0.717) is 12.5 Å². The molecule has 1 aliphatic carbocycles. The van der Waals surface area contributed by atoms with E-state index in [0.717, 1.165) is 19.3 Å². The van der Waals surface area contributed by atoms with Crippen LogP contribution >= 0.6 is 0 Å². The van der Waals surface area contributed by atoms with Crippen LogP contribution in [0.1, 0.15) is 26.2 Å². The third-order valence-electron chi connectivity index (χ3n) is 4.21. The Hall–Kier alpha value is -0.660. The van der Waals surface area contributed by atoms with Gasteiger partial charge in [0.05, 0.1) is 18.9 Å². The molecule has 0 bridgehead atoms. The van der Waals surface area contributed by atoms with Crippen molar-refractivity contribution < 1.29 is 17.9 Å². The summed E-state index contributed by atoms with van der Waals surface area (Å²) in [5, 5.41) is 0. The van der Waals surface area contributed by atoms with Gasteiger partial charge < -0.3 is 9.64 Å². The Morgan fingerprint density at radius 1 is 1.29 bits per heavy atom. The second-order valence-electron chi connectivity index (χ2n) is 6.06. The molecule has 1 saturated carbocycles. The zero-order valence-corrected chi connectivity index (χ0v) is 14.4. The molecule has 0 spiro atoms. The first-order valence-corrected chi connectivity index (χ1v) is 9.05. The fraction of sp³-hybridized carbons (Fsp3) is 0.929. The first-order chi connectivity index (χ1) is 9.77. The van der Waals surface area contributed by atoms with E-state index >= 15 is 0 Å². The first kappa shape index (κ1) is 18.4. The Bertz CT molecular complexity index is 436. The van der Waals surface area contributed by atoms with Crippen LogP contribution in [-0.2, 0) is 19.6 Å². The van der Waals surface area contributed by atoms with Crippen LogP contribution < -0.4 is 0 Å².